The van der Waals surface area contributed by atoms with Crippen LogP contribution >= 0.6 is 0 Å². The van der Waals surface area contributed by atoms with Crippen molar-refractivity contribution in [3.8, 4) is 17.2 Å². The van der Waals surface area contributed by atoms with E-state index >= 15 is 0 Å². The molecule has 0 bridgehead atoms. The summed E-state index contributed by atoms with van der Waals surface area (Å²) in [4.78, 5) is 16.4. The summed E-state index contributed by atoms with van der Waals surface area (Å²) in [6, 6.07) is 11.3. The minimum Gasteiger partial charge on any atom is -0.492 e. The SMILES string of the molecule is CCOc1ccccc1NC(=O)c1coc(-c2ccc(C(F)(F)F)cc2)n1. The highest BCUT2D eigenvalue weighted by Gasteiger charge is 2.30. The number of hydrogen-bond acceptors (Lipinski definition) is 4. The van der Waals surface area contributed by atoms with Gasteiger partial charge in [0.25, 0.3) is 5.91 Å². The number of hydrogen-bond donors (Lipinski definition) is 1. The third-order valence-electron chi connectivity index (χ3n) is 3.63. The molecule has 3 rings (SSSR count). The van der Waals surface area contributed by atoms with Crippen molar-refractivity contribution in [3.63, 3.8) is 0 Å². The molecule has 1 N–H and O–H groups in total. The number of rotatable bonds is 5. The zero-order valence-corrected chi connectivity index (χ0v) is 14.2. The minimum absolute atomic E-state index is 0.00352. The third-order valence-corrected chi connectivity index (χ3v) is 3.63. The molecule has 8 heteroatoms. The number of oxazole rings is 1. The van der Waals surface area contributed by atoms with E-state index in [1.807, 2.05) is 6.92 Å². The second-order valence-electron chi connectivity index (χ2n) is 5.50. The van der Waals surface area contributed by atoms with Crippen molar-refractivity contribution < 1.29 is 27.1 Å². The summed E-state index contributed by atoms with van der Waals surface area (Å²) in [7, 11) is 0. The van der Waals surface area contributed by atoms with Crippen molar-refractivity contribution in [1.29, 1.82) is 0 Å². The monoisotopic (exact) mass is 376 g/mol. The number of ether oxygens (including phenoxy) is 1. The Morgan fingerprint density at radius 3 is 2.52 bits per heavy atom. The highest BCUT2D eigenvalue weighted by molar-refractivity contribution is 6.03. The average molecular weight is 376 g/mol. The van der Waals surface area contributed by atoms with E-state index in [0.29, 0.717) is 23.6 Å². The van der Waals surface area contributed by atoms with Crippen LogP contribution in [0.2, 0.25) is 0 Å². The molecule has 0 radical (unpaired) electrons. The molecule has 140 valence electrons. The molecule has 0 saturated carbocycles. The number of alkyl halides is 3. The average Bonchev–Trinajstić information content (AvgIpc) is 3.13. The molecule has 0 unspecified atom stereocenters. The van der Waals surface area contributed by atoms with Crippen LogP contribution in [-0.4, -0.2) is 17.5 Å². The second kappa shape index (κ2) is 7.53. The van der Waals surface area contributed by atoms with Crippen LogP contribution in [0, 0.1) is 0 Å². The lowest BCUT2D eigenvalue weighted by molar-refractivity contribution is -0.137. The zero-order chi connectivity index (χ0) is 19.4. The van der Waals surface area contributed by atoms with Crippen molar-refractivity contribution in [3.05, 3.63) is 66.1 Å². The Labute approximate surface area is 152 Å². The van der Waals surface area contributed by atoms with Gasteiger partial charge in [-0.05, 0) is 43.3 Å². The fourth-order valence-corrected chi connectivity index (χ4v) is 2.35. The van der Waals surface area contributed by atoms with Crippen LogP contribution in [0.1, 0.15) is 23.0 Å². The van der Waals surface area contributed by atoms with Crippen LogP contribution in [0.25, 0.3) is 11.5 Å². The van der Waals surface area contributed by atoms with Crippen LogP contribution < -0.4 is 10.1 Å². The molecule has 0 aliphatic carbocycles. The number of nitrogens with one attached hydrogen (secondary N) is 1. The standard InChI is InChI=1S/C19H15F3N2O3/c1-2-26-16-6-4-3-5-14(16)23-17(25)15-11-27-18(24-15)12-7-9-13(10-8-12)19(20,21)22/h3-11H,2H2,1H3,(H,23,25). The summed E-state index contributed by atoms with van der Waals surface area (Å²) in [5.74, 6) is 0.0378. The fraction of sp³-hybridized carbons (Fsp3) is 0.158. The maximum atomic E-state index is 12.6. The normalized spacial score (nSPS) is 11.3. The molecule has 0 aliphatic heterocycles. The van der Waals surface area contributed by atoms with E-state index in [1.54, 1.807) is 24.3 Å². The van der Waals surface area contributed by atoms with Crippen LogP contribution in [0.3, 0.4) is 0 Å². The lowest BCUT2D eigenvalue weighted by Crippen LogP contribution is -2.13. The minimum atomic E-state index is -4.42. The number of carbonyl (C=O) groups is 1. The van der Waals surface area contributed by atoms with Gasteiger partial charge in [-0.1, -0.05) is 12.1 Å². The van der Waals surface area contributed by atoms with E-state index in [4.69, 9.17) is 9.15 Å². The maximum Gasteiger partial charge on any atom is 0.416 e. The number of halogens is 3. The topological polar surface area (TPSA) is 64.4 Å². The van der Waals surface area contributed by atoms with Gasteiger partial charge in [-0.3, -0.25) is 4.79 Å². The Morgan fingerprint density at radius 1 is 1.15 bits per heavy atom. The Hall–Kier alpha value is -3.29. The lowest BCUT2D eigenvalue weighted by atomic mass is 10.1. The Morgan fingerprint density at radius 2 is 1.85 bits per heavy atom. The molecule has 1 aromatic heterocycles. The molecular weight excluding hydrogens is 361 g/mol. The smallest absolute Gasteiger partial charge is 0.416 e. The summed E-state index contributed by atoms with van der Waals surface area (Å²) in [6.07, 6.45) is -3.28. The molecular formula is C19H15F3N2O3. The highest BCUT2D eigenvalue weighted by atomic mass is 19.4. The van der Waals surface area contributed by atoms with Gasteiger partial charge in [-0.2, -0.15) is 13.2 Å². The lowest BCUT2D eigenvalue weighted by Gasteiger charge is -2.10. The number of amides is 1. The molecule has 0 fully saturated rings. The van der Waals surface area contributed by atoms with E-state index in [0.717, 1.165) is 18.4 Å². The van der Waals surface area contributed by atoms with Crippen LogP contribution in [0.5, 0.6) is 5.75 Å². The number of nitrogens with zero attached hydrogens (tertiary/aromatic N) is 1. The van der Waals surface area contributed by atoms with E-state index in [1.165, 1.54) is 12.1 Å². The van der Waals surface area contributed by atoms with E-state index in [-0.39, 0.29) is 11.6 Å². The molecule has 2 aromatic carbocycles. The van der Waals surface area contributed by atoms with Crippen molar-refractivity contribution in [2.45, 2.75) is 13.1 Å². The molecule has 1 heterocycles. The Bertz CT molecular complexity index is 934. The number of carbonyl (C=O) groups excluding carboxylic acids is 1. The van der Waals surface area contributed by atoms with Crippen LogP contribution in [-0.2, 0) is 6.18 Å². The first-order chi connectivity index (χ1) is 12.9. The number of benzene rings is 2. The van der Waals surface area contributed by atoms with Gasteiger partial charge in [0, 0.05) is 5.56 Å². The predicted octanol–water partition coefficient (Wildman–Crippen LogP) is 5.01. The van der Waals surface area contributed by atoms with Crippen LogP contribution in [0.4, 0.5) is 18.9 Å². The molecule has 0 atom stereocenters. The number of para-hydroxylation sites is 2. The van der Waals surface area contributed by atoms with Crippen molar-refractivity contribution in [2.75, 3.05) is 11.9 Å². The van der Waals surface area contributed by atoms with Crippen molar-refractivity contribution in [2.24, 2.45) is 0 Å². The van der Waals surface area contributed by atoms with E-state index < -0.39 is 17.6 Å². The zero-order valence-electron chi connectivity index (χ0n) is 14.2. The van der Waals surface area contributed by atoms with Gasteiger partial charge in [-0.25, -0.2) is 4.98 Å². The van der Waals surface area contributed by atoms with Gasteiger partial charge < -0.3 is 14.5 Å². The summed E-state index contributed by atoms with van der Waals surface area (Å²) in [5.41, 5.74) is 0.0275. The number of aromatic nitrogens is 1. The summed E-state index contributed by atoms with van der Waals surface area (Å²) in [6.45, 7) is 2.27. The predicted molar refractivity (Wildman–Crippen MR) is 92.5 cm³/mol. The first kappa shape index (κ1) is 18.5. The Balaban J connectivity index is 1.77. The molecule has 3 aromatic rings. The van der Waals surface area contributed by atoms with Crippen molar-refractivity contribution >= 4 is 11.6 Å². The molecule has 0 saturated heterocycles. The van der Waals surface area contributed by atoms with E-state index in [9.17, 15) is 18.0 Å². The number of anilines is 1. The first-order valence-electron chi connectivity index (χ1n) is 8.05. The molecule has 5 nitrogen and oxygen atoms in total. The fourth-order valence-electron chi connectivity index (χ4n) is 2.35. The molecule has 27 heavy (non-hydrogen) atoms. The molecule has 0 aliphatic rings. The van der Waals surface area contributed by atoms with Gasteiger partial charge in [0.05, 0.1) is 17.9 Å². The Kier molecular flexibility index (Phi) is 5.16. The van der Waals surface area contributed by atoms with Gasteiger partial charge >= 0.3 is 6.18 Å². The summed E-state index contributed by atoms with van der Waals surface area (Å²) < 4.78 is 48.5. The molecule has 1 amide bonds. The summed E-state index contributed by atoms with van der Waals surface area (Å²) >= 11 is 0. The second-order valence-corrected chi connectivity index (χ2v) is 5.50. The summed E-state index contributed by atoms with van der Waals surface area (Å²) in [5, 5.41) is 2.67. The van der Waals surface area contributed by atoms with Gasteiger partial charge in [0.15, 0.2) is 5.69 Å². The van der Waals surface area contributed by atoms with Gasteiger partial charge in [-0.15, -0.1) is 0 Å². The van der Waals surface area contributed by atoms with Crippen molar-refractivity contribution in [1.82, 2.24) is 4.98 Å². The van der Waals surface area contributed by atoms with E-state index in [2.05, 4.69) is 10.3 Å². The van der Waals surface area contributed by atoms with Gasteiger partial charge in [0.1, 0.15) is 12.0 Å². The largest absolute Gasteiger partial charge is 0.492 e. The van der Waals surface area contributed by atoms with Gasteiger partial charge in [0.2, 0.25) is 5.89 Å². The quantitative estimate of drug-likeness (QED) is 0.680. The molecule has 0 spiro atoms. The third kappa shape index (κ3) is 4.28. The first-order valence-corrected chi connectivity index (χ1v) is 8.05. The highest BCUT2D eigenvalue weighted by Crippen LogP contribution is 2.31. The van der Waals surface area contributed by atoms with Crippen LogP contribution in [0.15, 0.2) is 59.2 Å². The maximum absolute atomic E-state index is 12.6.